The predicted molar refractivity (Wildman–Crippen MR) is 110 cm³/mol. The Morgan fingerprint density at radius 2 is 2.04 bits per heavy atom. The molecule has 0 aliphatic carbocycles. The lowest BCUT2D eigenvalue weighted by Gasteiger charge is -2.34. The van der Waals surface area contributed by atoms with Crippen molar-refractivity contribution in [2.75, 3.05) is 24.2 Å². The van der Waals surface area contributed by atoms with E-state index in [0.717, 1.165) is 18.0 Å². The van der Waals surface area contributed by atoms with Crippen LogP contribution in [-0.4, -0.2) is 40.8 Å². The third-order valence-electron chi connectivity index (χ3n) is 4.96. The molecule has 144 valence electrons. The van der Waals surface area contributed by atoms with Crippen LogP contribution in [0.5, 0.6) is 0 Å². The maximum Gasteiger partial charge on any atom is 0.257 e. The molecule has 8 heteroatoms. The first-order chi connectivity index (χ1) is 13.6. The Hall–Kier alpha value is -2.71. The molecule has 28 heavy (non-hydrogen) atoms. The van der Waals surface area contributed by atoms with Crippen LogP contribution in [0.25, 0.3) is 0 Å². The largest absolute Gasteiger partial charge is 0.326 e. The highest BCUT2D eigenvalue weighted by atomic mass is 32.2. The lowest BCUT2D eigenvalue weighted by atomic mass is 9.85. The molecule has 3 heterocycles. The van der Waals surface area contributed by atoms with Crippen molar-refractivity contribution in [3.63, 3.8) is 0 Å². The molecular formula is C20H21N5O2S. The average Bonchev–Trinajstić information content (AvgIpc) is 3.13. The molecule has 2 atom stereocenters. The van der Waals surface area contributed by atoms with Gasteiger partial charge in [-0.1, -0.05) is 30.0 Å². The molecule has 3 N–H and O–H groups in total. The molecule has 1 fully saturated rings. The molecule has 0 bridgehead atoms. The van der Waals surface area contributed by atoms with Gasteiger partial charge >= 0.3 is 0 Å². The van der Waals surface area contributed by atoms with Crippen LogP contribution in [0.3, 0.4) is 0 Å². The second kappa shape index (κ2) is 7.73. The van der Waals surface area contributed by atoms with Crippen LogP contribution in [0, 0.1) is 5.92 Å². The molecule has 1 aromatic carbocycles. The number of pyridine rings is 1. The van der Waals surface area contributed by atoms with E-state index in [1.165, 1.54) is 6.92 Å². The summed E-state index contributed by atoms with van der Waals surface area (Å²) in [6, 6.07) is 12.7. The fourth-order valence-corrected chi connectivity index (χ4v) is 4.74. The van der Waals surface area contributed by atoms with E-state index in [0.29, 0.717) is 23.0 Å². The van der Waals surface area contributed by atoms with E-state index in [4.69, 9.17) is 4.99 Å². The minimum absolute atomic E-state index is 0.130. The first kappa shape index (κ1) is 18.6. The van der Waals surface area contributed by atoms with Gasteiger partial charge < -0.3 is 16.0 Å². The summed E-state index contributed by atoms with van der Waals surface area (Å²) in [6.45, 7) is 2.95. The summed E-state index contributed by atoms with van der Waals surface area (Å²) in [6.07, 6.45) is 1.68. The molecule has 1 saturated heterocycles. The van der Waals surface area contributed by atoms with Crippen LogP contribution in [0.15, 0.2) is 53.7 Å². The summed E-state index contributed by atoms with van der Waals surface area (Å²) in [5.41, 5.74) is 1.53. The van der Waals surface area contributed by atoms with Crippen LogP contribution >= 0.6 is 11.8 Å². The van der Waals surface area contributed by atoms with Crippen molar-refractivity contribution in [2.45, 2.75) is 12.5 Å². The number of thioether (sulfide) groups is 1. The molecule has 2 aliphatic rings. The highest BCUT2D eigenvalue weighted by Gasteiger charge is 2.48. The van der Waals surface area contributed by atoms with Crippen molar-refractivity contribution in [2.24, 2.45) is 10.9 Å². The van der Waals surface area contributed by atoms with E-state index in [-0.39, 0.29) is 17.7 Å². The summed E-state index contributed by atoms with van der Waals surface area (Å²) in [7, 11) is 0. The molecule has 7 nitrogen and oxygen atoms in total. The molecule has 0 unspecified atom stereocenters. The Labute approximate surface area is 167 Å². The van der Waals surface area contributed by atoms with Crippen molar-refractivity contribution in [3.05, 3.63) is 59.9 Å². The fraction of sp³-hybridized carbons (Fsp3) is 0.300. The molecule has 2 amide bonds. The van der Waals surface area contributed by atoms with Crippen LogP contribution < -0.4 is 16.0 Å². The number of benzene rings is 1. The van der Waals surface area contributed by atoms with Crippen molar-refractivity contribution >= 4 is 34.4 Å². The van der Waals surface area contributed by atoms with Gasteiger partial charge in [-0.15, -0.1) is 0 Å². The van der Waals surface area contributed by atoms with Gasteiger partial charge in [0.25, 0.3) is 5.91 Å². The number of anilines is 1. The van der Waals surface area contributed by atoms with Gasteiger partial charge in [-0.05, 0) is 24.3 Å². The Balaban J connectivity index is 1.65. The highest BCUT2D eigenvalue weighted by molar-refractivity contribution is 8.13. The van der Waals surface area contributed by atoms with Gasteiger partial charge in [0.2, 0.25) is 5.91 Å². The number of rotatable bonds is 3. The number of amides is 2. The number of carbonyl (C=O) groups is 2. The van der Waals surface area contributed by atoms with Gasteiger partial charge in [-0.2, -0.15) is 0 Å². The smallest absolute Gasteiger partial charge is 0.257 e. The molecular weight excluding hydrogens is 374 g/mol. The molecule has 2 aromatic rings. The zero-order valence-corrected chi connectivity index (χ0v) is 16.3. The normalized spacial score (nSPS) is 23.5. The molecule has 2 aliphatic heterocycles. The first-order valence-corrected chi connectivity index (χ1v) is 10.1. The minimum Gasteiger partial charge on any atom is -0.326 e. The zero-order valence-electron chi connectivity index (χ0n) is 15.4. The number of amidine groups is 1. The van der Waals surface area contributed by atoms with E-state index in [2.05, 4.69) is 20.9 Å². The number of aliphatic imine (C=N–C) groups is 1. The zero-order chi connectivity index (χ0) is 19.6. The minimum atomic E-state index is -0.557. The maximum atomic E-state index is 12.5. The Morgan fingerprint density at radius 1 is 1.21 bits per heavy atom. The van der Waals surface area contributed by atoms with E-state index < -0.39 is 5.54 Å². The topological polar surface area (TPSA) is 95.5 Å². The van der Waals surface area contributed by atoms with Crippen LogP contribution in [0.2, 0.25) is 0 Å². The van der Waals surface area contributed by atoms with E-state index >= 15 is 0 Å². The highest BCUT2D eigenvalue weighted by Crippen LogP contribution is 2.42. The Bertz CT molecular complexity index is 933. The summed E-state index contributed by atoms with van der Waals surface area (Å²) in [4.78, 5) is 33.4. The lowest BCUT2D eigenvalue weighted by molar-refractivity contribution is -0.114. The van der Waals surface area contributed by atoms with Gasteiger partial charge in [0.15, 0.2) is 5.17 Å². The average molecular weight is 395 g/mol. The Kier molecular flexibility index (Phi) is 5.15. The van der Waals surface area contributed by atoms with Gasteiger partial charge in [0, 0.05) is 49.1 Å². The Morgan fingerprint density at radius 3 is 2.82 bits per heavy atom. The fourth-order valence-electron chi connectivity index (χ4n) is 3.60. The standard InChI is InChI=1S/C20H21N5O2S/c1-13(26)23-16-7-8-22-17(9-16)20-12-21-10-15(20)11-28-19(25-20)24-18(27)14-5-3-2-4-6-14/h2-9,15,21H,10-12H2,1H3,(H,22,23,26)(H,24,25,27)/t15-,20-/m1/s1. The van der Waals surface area contributed by atoms with Gasteiger partial charge in [0.05, 0.1) is 5.69 Å². The van der Waals surface area contributed by atoms with Gasteiger partial charge in [0.1, 0.15) is 5.54 Å². The number of hydrogen-bond donors (Lipinski definition) is 3. The number of nitrogens with one attached hydrogen (secondary N) is 3. The second-order valence-corrected chi connectivity index (χ2v) is 7.92. The number of nitrogens with zero attached hydrogens (tertiary/aromatic N) is 2. The van der Waals surface area contributed by atoms with Gasteiger partial charge in [-0.3, -0.25) is 14.6 Å². The van der Waals surface area contributed by atoms with E-state index in [9.17, 15) is 9.59 Å². The quantitative estimate of drug-likeness (QED) is 0.739. The maximum absolute atomic E-state index is 12.5. The number of fused-ring (bicyclic) bond motifs is 1. The molecule has 1 aromatic heterocycles. The molecule has 0 radical (unpaired) electrons. The van der Waals surface area contributed by atoms with Crippen molar-refractivity contribution in [3.8, 4) is 0 Å². The first-order valence-electron chi connectivity index (χ1n) is 9.11. The van der Waals surface area contributed by atoms with Crippen LogP contribution in [0.4, 0.5) is 5.69 Å². The predicted octanol–water partition coefficient (Wildman–Crippen LogP) is 1.99. The summed E-state index contributed by atoms with van der Waals surface area (Å²) < 4.78 is 0. The monoisotopic (exact) mass is 395 g/mol. The third-order valence-corrected chi connectivity index (χ3v) is 6.00. The van der Waals surface area contributed by atoms with Crippen molar-refractivity contribution < 1.29 is 9.59 Å². The summed E-state index contributed by atoms with van der Waals surface area (Å²) in [5, 5.41) is 9.75. The number of hydrogen-bond acceptors (Lipinski definition) is 6. The van der Waals surface area contributed by atoms with Crippen molar-refractivity contribution in [1.82, 2.24) is 15.6 Å². The second-order valence-electron chi connectivity index (χ2n) is 6.91. The number of aromatic nitrogens is 1. The summed E-state index contributed by atoms with van der Waals surface area (Å²) in [5.74, 6) is 0.781. The van der Waals surface area contributed by atoms with E-state index in [1.807, 2.05) is 24.3 Å². The van der Waals surface area contributed by atoms with E-state index in [1.54, 1.807) is 36.2 Å². The molecule has 4 rings (SSSR count). The SMILES string of the molecule is CC(=O)Nc1ccnc([C@@]23CNC[C@@H]2CSC(NC(=O)c2ccccc2)=N3)c1. The van der Waals surface area contributed by atoms with Crippen LogP contribution in [-0.2, 0) is 10.3 Å². The molecule has 0 spiro atoms. The molecule has 0 saturated carbocycles. The lowest BCUT2D eigenvalue weighted by Crippen LogP contribution is -2.43. The van der Waals surface area contributed by atoms with Crippen LogP contribution in [0.1, 0.15) is 23.0 Å². The summed E-state index contributed by atoms with van der Waals surface area (Å²) >= 11 is 1.55. The number of carbonyl (C=O) groups excluding carboxylic acids is 2. The van der Waals surface area contributed by atoms with Crippen molar-refractivity contribution in [1.29, 1.82) is 0 Å². The third kappa shape index (κ3) is 3.65. The van der Waals surface area contributed by atoms with Gasteiger partial charge in [-0.25, -0.2) is 4.99 Å².